The number of carbonyl (C=O) groups is 2. The first-order chi connectivity index (χ1) is 12.0. The van der Waals surface area contributed by atoms with Crippen LogP contribution in [-0.2, 0) is 4.79 Å². The minimum atomic E-state index is -0.120. The highest BCUT2D eigenvalue weighted by atomic mass is 35.5. The van der Waals surface area contributed by atoms with Crippen molar-refractivity contribution in [1.82, 2.24) is 9.80 Å². The van der Waals surface area contributed by atoms with Crippen molar-refractivity contribution in [3.8, 4) is 0 Å². The summed E-state index contributed by atoms with van der Waals surface area (Å²) in [5, 5.41) is 2.84. The summed E-state index contributed by atoms with van der Waals surface area (Å²) in [4.78, 5) is 29.3. The van der Waals surface area contributed by atoms with Crippen LogP contribution >= 0.6 is 34.5 Å². The molecule has 2 heterocycles. The molecule has 1 aromatic carbocycles. The summed E-state index contributed by atoms with van der Waals surface area (Å²) in [5.74, 6) is -0.156. The predicted octanol–water partition coefficient (Wildman–Crippen LogP) is 4.05. The topological polar surface area (TPSA) is 40.6 Å². The number of thiophene rings is 1. The number of amides is 2. The Labute approximate surface area is 160 Å². The summed E-state index contributed by atoms with van der Waals surface area (Å²) < 4.78 is 0. The van der Waals surface area contributed by atoms with Gasteiger partial charge in [-0.1, -0.05) is 29.3 Å². The third kappa shape index (κ3) is 4.63. The zero-order valence-corrected chi connectivity index (χ0v) is 15.7. The fraction of sp³-hybridized carbons (Fsp3) is 0.222. The van der Waals surface area contributed by atoms with Crippen molar-refractivity contribution in [3.05, 3.63) is 62.3 Å². The molecule has 2 amide bonds. The van der Waals surface area contributed by atoms with Gasteiger partial charge in [0, 0.05) is 52.7 Å². The monoisotopic (exact) mass is 394 g/mol. The Morgan fingerprint density at radius 1 is 1.00 bits per heavy atom. The molecule has 0 atom stereocenters. The number of hydrogen-bond donors (Lipinski definition) is 0. The lowest BCUT2D eigenvalue weighted by atomic mass is 10.2. The molecule has 4 nitrogen and oxygen atoms in total. The third-order valence-corrected chi connectivity index (χ3v) is 5.20. The number of nitrogens with zero attached hydrogens (tertiary/aromatic N) is 2. The number of benzene rings is 1. The highest BCUT2D eigenvalue weighted by Crippen LogP contribution is 2.21. The van der Waals surface area contributed by atoms with Crippen molar-refractivity contribution >= 4 is 52.4 Å². The molecule has 25 heavy (non-hydrogen) atoms. The van der Waals surface area contributed by atoms with E-state index in [-0.39, 0.29) is 11.8 Å². The van der Waals surface area contributed by atoms with Crippen LogP contribution < -0.4 is 0 Å². The van der Waals surface area contributed by atoms with Gasteiger partial charge in [0.25, 0.3) is 5.91 Å². The maximum atomic E-state index is 12.6. The van der Waals surface area contributed by atoms with Crippen molar-refractivity contribution in [2.24, 2.45) is 0 Å². The zero-order valence-electron chi connectivity index (χ0n) is 13.3. The molecule has 0 spiro atoms. The molecule has 0 saturated carbocycles. The number of carbonyl (C=O) groups excluding carboxylic acids is 2. The van der Waals surface area contributed by atoms with E-state index in [0.717, 1.165) is 4.88 Å². The van der Waals surface area contributed by atoms with Gasteiger partial charge in [-0.15, -0.1) is 11.3 Å². The Morgan fingerprint density at radius 3 is 2.24 bits per heavy atom. The SMILES string of the molecule is O=C(/C=C/c1cccs1)N1CCN(C(=O)c2cc(Cl)cc(Cl)c2)CC1. The Balaban J connectivity index is 1.57. The molecule has 0 N–H and O–H groups in total. The summed E-state index contributed by atoms with van der Waals surface area (Å²) in [6.07, 6.45) is 3.40. The van der Waals surface area contributed by atoms with Crippen LogP contribution in [0.25, 0.3) is 6.08 Å². The molecule has 1 fully saturated rings. The lowest BCUT2D eigenvalue weighted by Crippen LogP contribution is -2.50. The second-order valence-electron chi connectivity index (χ2n) is 5.62. The van der Waals surface area contributed by atoms with E-state index in [2.05, 4.69) is 0 Å². The van der Waals surface area contributed by atoms with E-state index in [9.17, 15) is 9.59 Å². The van der Waals surface area contributed by atoms with E-state index in [0.29, 0.717) is 41.8 Å². The van der Waals surface area contributed by atoms with Gasteiger partial charge in [0.1, 0.15) is 0 Å². The Morgan fingerprint density at radius 2 is 1.64 bits per heavy atom. The largest absolute Gasteiger partial charge is 0.336 e. The van der Waals surface area contributed by atoms with Gasteiger partial charge in [-0.25, -0.2) is 0 Å². The first kappa shape index (κ1) is 18.0. The minimum Gasteiger partial charge on any atom is -0.336 e. The molecule has 1 saturated heterocycles. The van der Waals surface area contributed by atoms with E-state index in [1.807, 2.05) is 23.6 Å². The van der Waals surface area contributed by atoms with Crippen LogP contribution in [0, 0.1) is 0 Å². The molecule has 1 aliphatic heterocycles. The van der Waals surface area contributed by atoms with Gasteiger partial charge in [0.05, 0.1) is 0 Å². The van der Waals surface area contributed by atoms with Crippen LogP contribution in [0.3, 0.4) is 0 Å². The Kier molecular flexibility index (Phi) is 5.78. The summed E-state index contributed by atoms with van der Waals surface area (Å²) in [6, 6.07) is 8.72. The lowest BCUT2D eigenvalue weighted by Gasteiger charge is -2.34. The van der Waals surface area contributed by atoms with Crippen LogP contribution in [0.15, 0.2) is 41.8 Å². The van der Waals surface area contributed by atoms with Gasteiger partial charge in [0.2, 0.25) is 5.91 Å². The molecular weight excluding hydrogens is 379 g/mol. The fourth-order valence-corrected chi connectivity index (χ4v) is 3.78. The average molecular weight is 395 g/mol. The molecule has 7 heteroatoms. The Hall–Kier alpha value is -1.82. The molecule has 130 valence electrons. The maximum Gasteiger partial charge on any atom is 0.254 e. The van der Waals surface area contributed by atoms with E-state index in [4.69, 9.17) is 23.2 Å². The molecule has 1 aromatic heterocycles. The predicted molar refractivity (Wildman–Crippen MR) is 102 cm³/mol. The normalized spacial score (nSPS) is 15.0. The van der Waals surface area contributed by atoms with Gasteiger partial charge in [-0.2, -0.15) is 0 Å². The summed E-state index contributed by atoms with van der Waals surface area (Å²) in [7, 11) is 0. The smallest absolute Gasteiger partial charge is 0.254 e. The molecule has 1 aliphatic rings. The van der Waals surface area contributed by atoms with Crippen molar-refractivity contribution in [2.75, 3.05) is 26.2 Å². The highest BCUT2D eigenvalue weighted by Gasteiger charge is 2.24. The summed E-state index contributed by atoms with van der Waals surface area (Å²) >= 11 is 13.5. The Bertz CT molecular complexity index is 777. The third-order valence-electron chi connectivity index (χ3n) is 3.92. The number of piperazine rings is 1. The van der Waals surface area contributed by atoms with Gasteiger partial charge in [0.15, 0.2) is 0 Å². The van der Waals surface area contributed by atoms with Crippen LogP contribution in [0.1, 0.15) is 15.2 Å². The van der Waals surface area contributed by atoms with Crippen molar-refractivity contribution in [3.63, 3.8) is 0 Å². The molecule has 0 aliphatic carbocycles. The van der Waals surface area contributed by atoms with E-state index < -0.39 is 0 Å². The lowest BCUT2D eigenvalue weighted by molar-refractivity contribution is -0.127. The number of rotatable bonds is 3. The number of hydrogen-bond acceptors (Lipinski definition) is 3. The van der Waals surface area contributed by atoms with Crippen molar-refractivity contribution < 1.29 is 9.59 Å². The van der Waals surface area contributed by atoms with Crippen molar-refractivity contribution in [2.45, 2.75) is 0 Å². The quantitative estimate of drug-likeness (QED) is 0.736. The van der Waals surface area contributed by atoms with Crippen LogP contribution in [0.4, 0.5) is 0 Å². The van der Waals surface area contributed by atoms with Crippen molar-refractivity contribution in [1.29, 1.82) is 0 Å². The van der Waals surface area contributed by atoms with E-state index in [1.165, 1.54) is 0 Å². The standard InChI is InChI=1S/C18H16Cl2N2O2S/c19-14-10-13(11-15(20)12-14)18(24)22-7-5-21(6-8-22)17(23)4-3-16-2-1-9-25-16/h1-4,9-12H,5-8H2/b4-3+. The van der Waals surface area contributed by atoms with Gasteiger partial charge in [-0.05, 0) is 35.7 Å². The molecule has 0 radical (unpaired) electrons. The molecule has 2 aromatic rings. The zero-order chi connectivity index (χ0) is 17.8. The van der Waals surface area contributed by atoms with Gasteiger partial charge in [-0.3, -0.25) is 9.59 Å². The van der Waals surface area contributed by atoms with Gasteiger partial charge < -0.3 is 9.80 Å². The second kappa shape index (κ2) is 8.04. The second-order valence-corrected chi connectivity index (χ2v) is 7.48. The first-order valence-electron chi connectivity index (χ1n) is 7.79. The summed E-state index contributed by atoms with van der Waals surface area (Å²) in [6.45, 7) is 1.99. The summed E-state index contributed by atoms with van der Waals surface area (Å²) in [5.41, 5.74) is 0.467. The highest BCUT2D eigenvalue weighted by molar-refractivity contribution is 7.10. The average Bonchev–Trinajstić information content (AvgIpc) is 3.12. The molecular formula is C18H16Cl2N2O2S. The molecule has 0 bridgehead atoms. The molecule has 0 unspecified atom stereocenters. The number of halogens is 2. The minimum absolute atomic E-state index is 0.0358. The van der Waals surface area contributed by atoms with E-state index >= 15 is 0 Å². The maximum absolute atomic E-state index is 12.6. The van der Waals surface area contributed by atoms with E-state index in [1.54, 1.807) is 45.4 Å². The van der Waals surface area contributed by atoms with Gasteiger partial charge >= 0.3 is 0 Å². The van der Waals surface area contributed by atoms with Crippen LogP contribution in [-0.4, -0.2) is 47.8 Å². The van der Waals surface area contributed by atoms with Crippen LogP contribution in [0.5, 0.6) is 0 Å². The fourth-order valence-electron chi connectivity index (χ4n) is 2.63. The molecule has 3 rings (SSSR count). The first-order valence-corrected chi connectivity index (χ1v) is 9.42. The van der Waals surface area contributed by atoms with Crippen LogP contribution in [0.2, 0.25) is 10.0 Å².